The van der Waals surface area contributed by atoms with E-state index in [9.17, 15) is 4.79 Å². The monoisotopic (exact) mass is 526 g/mol. The normalized spacial score (nSPS) is 17.8. The van der Waals surface area contributed by atoms with Gasteiger partial charge in [-0.2, -0.15) is 0 Å². The summed E-state index contributed by atoms with van der Waals surface area (Å²) in [5, 5.41) is 13.6. The number of likely N-dealkylation sites (tertiary alicyclic amines) is 1. The zero-order valence-electron chi connectivity index (χ0n) is 21.1. The minimum Gasteiger partial charge on any atom is -0.494 e. The summed E-state index contributed by atoms with van der Waals surface area (Å²) in [7, 11) is 0. The third kappa shape index (κ3) is 5.96. The molecule has 0 spiro atoms. The van der Waals surface area contributed by atoms with Crippen molar-refractivity contribution in [3.8, 4) is 5.75 Å². The quantitative estimate of drug-likeness (QED) is 0.333. The van der Waals surface area contributed by atoms with Crippen LogP contribution in [0.4, 0.5) is 0 Å². The molecule has 1 saturated heterocycles. The predicted molar refractivity (Wildman–Crippen MR) is 144 cm³/mol. The number of benzene rings is 1. The molecule has 0 unspecified atom stereocenters. The number of tetrazole rings is 1. The topological polar surface area (TPSA) is 118 Å². The van der Waals surface area contributed by atoms with Gasteiger partial charge in [-0.05, 0) is 72.7 Å². The van der Waals surface area contributed by atoms with Gasteiger partial charge < -0.3 is 14.6 Å². The molecule has 0 radical (unpaired) electrons. The average Bonchev–Trinajstić information content (AvgIpc) is 3.51. The van der Waals surface area contributed by atoms with Crippen molar-refractivity contribution in [2.24, 2.45) is 5.92 Å². The van der Waals surface area contributed by atoms with Gasteiger partial charge in [-0.15, -0.1) is 17.5 Å². The van der Waals surface area contributed by atoms with Crippen molar-refractivity contribution >= 4 is 34.5 Å². The van der Waals surface area contributed by atoms with Gasteiger partial charge in [-0.1, -0.05) is 19.3 Å². The number of piperidine rings is 1. The number of hydrogen-bond donors (Lipinski definition) is 2. The van der Waals surface area contributed by atoms with Gasteiger partial charge in [-0.25, -0.2) is 14.5 Å². The standard InChI is InChI=1S/C26H34N8O2.ClH/c35-26-28-23-16-19-15-21(8-9-22(19)27-25(23)29-26)36-14-4-7-24-30-31-32-34(24)20-10-12-33(13-11-20)17-18-5-2-1-3-6-18;/h8-9,15-16,18,20H,1-7,10-14,17H2,(H2,27,28,29,35);1H. The van der Waals surface area contributed by atoms with Crippen LogP contribution < -0.4 is 10.4 Å². The molecule has 11 heteroatoms. The molecular weight excluding hydrogens is 492 g/mol. The lowest BCUT2D eigenvalue weighted by Gasteiger charge is -2.35. The third-order valence-electron chi connectivity index (χ3n) is 7.78. The molecule has 0 atom stereocenters. The summed E-state index contributed by atoms with van der Waals surface area (Å²) < 4.78 is 8.07. The lowest BCUT2D eigenvalue weighted by Crippen LogP contribution is -2.38. The van der Waals surface area contributed by atoms with E-state index < -0.39 is 0 Å². The molecule has 198 valence electrons. The molecule has 1 saturated carbocycles. The lowest BCUT2D eigenvalue weighted by molar-refractivity contribution is 0.141. The van der Waals surface area contributed by atoms with Crippen molar-refractivity contribution in [2.75, 3.05) is 26.2 Å². The van der Waals surface area contributed by atoms with E-state index in [1.165, 1.54) is 38.6 Å². The smallest absolute Gasteiger partial charge is 0.325 e. The van der Waals surface area contributed by atoms with E-state index in [1.54, 1.807) is 0 Å². The molecule has 1 aliphatic carbocycles. The Balaban J connectivity index is 0.00000280. The van der Waals surface area contributed by atoms with E-state index in [1.807, 2.05) is 24.3 Å². The molecule has 4 heterocycles. The molecule has 3 aromatic heterocycles. The van der Waals surface area contributed by atoms with Crippen LogP contribution in [0, 0.1) is 5.92 Å². The lowest BCUT2D eigenvalue weighted by atomic mass is 9.88. The first-order chi connectivity index (χ1) is 17.7. The number of hydrogen-bond acceptors (Lipinski definition) is 7. The first kappa shape index (κ1) is 25.7. The van der Waals surface area contributed by atoms with Crippen LogP contribution in [-0.2, 0) is 6.42 Å². The fourth-order valence-corrected chi connectivity index (χ4v) is 5.86. The SMILES string of the molecule is Cl.O=c1[nH]c2cc3cc(OCCCc4nnnn4C4CCN(CC5CCCCC5)CC4)ccc3nc2[nH]1. The second kappa shape index (κ2) is 11.6. The van der Waals surface area contributed by atoms with Crippen LogP contribution in [0.3, 0.4) is 0 Å². The molecule has 37 heavy (non-hydrogen) atoms. The van der Waals surface area contributed by atoms with Gasteiger partial charge in [-0.3, -0.25) is 4.98 Å². The number of rotatable bonds is 8. The van der Waals surface area contributed by atoms with Crippen molar-refractivity contribution < 1.29 is 4.74 Å². The molecule has 6 rings (SSSR count). The van der Waals surface area contributed by atoms with E-state index in [0.29, 0.717) is 23.8 Å². The molecular formula is C26H35ClN8O2. The van der Waals surface area contributed by atoms with E-state index in [4.69, 9.17) is 4.74 Å². The Morgan fingerprint density at radius 2 is 1.86 bits per heavy atom. The molecule has 2 N–H and O–H groups in total. The highest BCUT2D eigenvalue weighted by Crippen LogP contribution is 2.28. The van der Waals surface area contributed by atoms with Gasteiger partial charge in [0.05, 0.1) is 23.7 Å². The molecule has 2 aliphatic rings. The Morgan fingerprint density at radius 3 is 2.70 bits per heavy atom. The predicted octanol–water partition coefficient (Wildman–Crippen LogP) is 4.04. The van der Waals surface area contributed by atoms with Crippen LogP contribution in [0.25, 0.3) is 22.1 Å². The Bertz CT molecular complexity index is 1370. The number of halogens is 1. The number of aromatic nitrogens is 7. The zero-order valence-corrected chi connectivity index (χ0v) is 21.9. The number of nitrogens with one attached hydrogen (secondary N) is 2. The number of fused-ring (bicyclic) bond motifs is 2. The van der Waals surface area contributed by atoms with Gasteiger partial charge >= 0.3 is 5.69 Å². The van der Waals surface area contributed by atoms with E-state index in [-0.39, 0.29) is 18.1 Å². The highest BCUT2D eigenvalue weighted by atomic mass is 35.5. The average molecular weight is 527 g/mol. The molecule has 2 fully saturated rings. The summed E-state index contributed by atoms with van der Waals surface area (Å²) in [6.45, 7) is 4.13. The first-order valence-corrected chi connectivity index (χ1v) is 13.4. The Morgan fingerprint density at radius 1 is 1.03 bits per heavy atom. The maximum atomic E-state index is 11.5. The van der Waals surface area contributed by atoms with Gasteiger partial charge in [0, 0.05) is 31.4 Å². The van der Waals surface area contributed by atoms with Gasteiger partial charge in [0.2, 0.25) is 0 Å². The maximum Gasteiger partial charge on any atom is 0.325 e. The second-order valence-electron chi connectivity index (χ2n) is 10.3. The largest absolute Gasteiger partial charge is 0.494 e. The maximum absolute atomic E-state index is 11.5. The molecule has 1 aromatic carbocycles. The zero-order chi connectivity index (χ0) is 24.3. The summed E-state index contributed by atoms with van der Waals surface area (Å²) >= 11 is 0. The van der Waals surface area contributed by atoms with Crippen LogP contribution in [0.2, 0.25) is 0 Å². The minimum atomic E-state index is -0.253. The summed E-state index contributed by atoms with van der Waals surface area (Å²) in [6, 6.07) is 8.09. The number of imidazole rings is 1. The second-order valence-corrected chi connectivity index (χ2v) is 10.3. The van der Waals surface area contributed by atoms with Crippen molar-refractivity contribution in [1.82, 2.24) is 40.1 Å². The van der Waals surface area contributed by atoms with E-state index >= 15 is 0 Å². The fourth-order valence-electron chi connectivity index (χ4n) is 5.86. The Kier molecular flexibility index (Phi) is 8.05. The first-order valence-electron chi connectivity index (χ1n) is 13.4. The molecule has 0 bridgehead atoms. The van der Waals surface area contributed by atoms with Crippen molar-refractivity contribution in [2.45, 2.75) is 63.8 Å². The van der Waals surface area contributed by atoms with Crippen LogP contribution in [-0.4, -0.2) is 66.3 Å². The fraction of sp³-hybridized carbons (Fsp3) is 0.577. The van der Waals surface area contributed by atoms with Crippen molar-refractivity contribution in [3.63, 3.8) is 0 Å². The van der Waals surface area contributed by atoms with E-state index in [2.05, 4.69) is 40.1 Å². The van der Waals surface area contributed by atoms with Crippen LogP contribution in [0.15, 0.2) is 29.1 Å². The summed E-state index contributed by atoms with van der Waals surface area (Å²) in [5.41, 5.74) is 1.82. The van der Waals surface area contributed by atoms with Crippen molar-refractivity contribution in [1.29, 1.82) is 0 Å². The van der Waals surface area contributed by atoms with Crippen LogP contribution >= 0.6 is 12.4 Å². The Labute approximate surface area is 221 Å². The van der Waals surface area contributed by atoms with Gasteiger partial charge in [0.1, 0.15) is 5.75 Å². The molecule has 4 aromatic rings. The number of aryl methyl sites for hydroxylation is 1. The summed E-state index contributed by atoms with van der Waals surface area (Å²) in [4.78, 5) is 24.1. The summed E-state index contributed by atoms with van der Waals surface area (Å²) in [6.07, 6.45) is 10.9. The number of nitrogens with zero attached hydrogens (tertiary/aromatic N) is 6. The molecule has 0 amide bonds. The highest BCUT2D eigenvalue weighted by molar-refractivity contribution is 5.90. The minimum absolute atomic E-state index is 0. The molecule has 1 aliphatic heterocycles. The van der Waals surface area contributed by atoms with Gasteiger partial charge in [0.25, 0.3) is 0 Å². The van der Waals surface area contributed by atoms with Gasteiger partial charge in [0.15, 0.2) is 11.5 Å². The third-order valence-corrected chi connectivity index (χ3v) is 7.78. The number of aromatic amines is 2. The van der Waals surface area contributed by atoms with E-state index in [0.717, 1.165) is 67.2 Å². The number of pyridine rings is 1. The van der Waals surface area contributed by atoms with Crippen molar-refractivity contribution in [3.05, 3.63) is 40.6 Å². The summed E-state index contributed by atoms with van der Waals surface area (Å²) in [5.74, 6) is 2.63. The molecule has 10 nitrogen and oxygen atoms in total. The number of ether oxygens (including phenoxy) is 1. The van der Waals surface area contributed by atoms with Crippen LogP contribution in [0.1, 0.15) is 63.2 Å². The van der Waals surface area contributed by atoms with Crippen LogP contribution in [0.5, 0.6) is 5.75 Å². The Hall–Kier alpha value is -2.98. The number of H-pyrrole nitrogens is 2. The highest BCUT2D eigenvalue weighted by Gasteiger charge is 2.25.